The first-order chi connectivity index (χ1) is 10.5. The molecule has 0 fully saturated rings. The second kappa shape index (κ2) is 5.29. The summed E-state index contributed by atoms with van der Waals surface area (Å²) in [5.41, 5.74) is 4.19. The first kappa shape index (κ1) is 14.3. The number of hydrogen-bond acceptors (Lipinski definition) is 3. The van der Waals surface area contributed by atoms with Gasteiger partial charge in [0.15, 0.2) is 0 Å². The van der Waals surface area contributed by atoms with Gasteiger partial charge < -0.3 is 9.72 Å². The van der Waals surface area contributed by atoms with E-state index in [4.69, 9.17) is 0 Å². The standard InChI is InChI=1S/C16H19N5O/c1-10-6-5-7-21-9-14(18-15(10)21)16(22)17-11(2)13-8-20(4)19-12(13)3/h5-9,11H,1-4H3,(H,17,22). The monoisotopic (exact) mass is 297 g/mol. The zero-order valence-electron chi connectivity index (χ0n) is 13.2. The summed E-state index contributed by atoms with van der Waals surface area (Å²) >= 11 is 0. The van der Waals surface area contributed by atoms with Crippen LogP contribution in [0.25, 0.3) is 5.65 Å². The third kappa shape index (κ3) is 2.47. The van der Waals surface area contributed by atoms with E-state index in [0.717, 1.165) is 22.5 Å². The molecular weight excluding hydrogens is 278 g/mol. The summed E-state index contributed by atoms with van der Waals surface area (Å²) in [5, 5.41) is 7.28. The number of nitrogens with zero attached hydrogens (tertiary/aromatic N) is 4. The molecule has 0 aliphatic carbocycles. The lowest BCUT2D eigenvalue weighted by Gasteiger charge is -2.11. The van der Waals surface area contributed by atoms with Crippen LogP contribution in [-0.4, -0.2) is 25.1 Å². The molecule has 0 saturated carbocycles. The topological polar surface area (TPSA) is 64.2 Å². The fraction of sp³-hybridized carbons (Fsp3) is 0.312. The zero-order valence-corrected chi connectivity index (χ0v) is 13.2. The van der Waals surface area contributed by atoms with Crippen LogP contribution in [0.4, 0.5) is 0 Å². The highest BCUT2D eigenvalue weighted by Gasteiger charge is 2.17. The summed E-state index contributed by atoms with van der Waals surface area (Å²) in [6.07, 6.45) is 5.56. The SMILES string of the molecule is Cc1nn(C)cc1C(C)NC(=O)c1cn2cccc(C)c2n1. The second-order valence-corrected chi connectivity index (χ2v) is 5.59. The maximum Gasteiger partial charge on any atom is 0.271 e. The van der Waals surface area contributed by atoms with Gasteiger partial charge in [0.2, 0.25) is 0 Å². The maximum atomic E-state index is 12.4. The van der Waals surface area contributed by atoms with Crippen LogP contribution in [0.15, 0.2) is 30.7 Å². The minimum absolute atomic E-state index is 0.118. The number of imidazole rings is 1. The predicted molar refractivity (Wildman–Crippen MR) is 83.8 cm³/mol. The largest absolute Gasteiger partial charge is 0.344 e. The minimum atomic E-state index is -0.182. The van der Waals surface area contributed by atoms with Crippen molar-refractivity contribution in [2.75, 3.05) is 0 Å². The van der Waals surface area contributed by atoms with Gasteiger partial charge in [-0.05, 0) is 32.4 Å². The smallest absolute Gasteiger partial charge is 0.271 e. The Morgan fingerprint density at radius 2 is 2.09 bits per heavy atom. The average molecular weight is 297 g/mol. The number of carbonyl (C=O) groups is 1. The molecule has 6 nitrogen and oxygen atoms in total. The van der Waals surface area contributed by atoms with Gasteiger partial charge in [-0.1, -0.05) is 6.07 Å². The van der Waals surface area contributed by atoms with Crippen LogP contribution >= 0.6 is 0 Å². The number of aromatic nitrogens is 4. The van der Waals surface area contributed by atoms with Crippen LogP contribution in [0.5, 0.6) is 0 Å². The van der Waals surface area contributed by atoms with Crippen LogP contribution in [0.2, 0.25) is 0 Å². The van der Waals surface area contributed by atoms with E-state index in [1.165, 1.54) is 0 Å². The van der Waals surface area contributed by atoms with Gasteiger partial charge in [0.1, 0.15) is 11.3 Å². The molecule has 1 N–H and O–H groups in total. The molecule has 114 valence electrons. The van der Waals surface area contributed by atoms with Crippen molar-refractivity contribution in [3.8, 4) is 0 Å². The van der Waals surface area contributed by atoms with Gasteiger partial charge in [0.05, 0.1) is 11.7 Å². The minimum Gasteiger partial charge on any atom is -0.344 e. The number of fused-ring (bicyclic) bond motifs is 1. The van der Waals surface area contributed by atoms with Gasteiger partial charge in [-0.2, -0.15) is 5.10 Å². The molecule has 3 heterocycles. The normalized spacial score (nSPS) is 12.5. The van der Waals surface area contributed by atoms with Crippen LogP contribution in [-0.2, 0) is 7.05 Å². The van der Waals surface area contributed by atoms with E-state index in [9.17, 15) is 4.79 Å². The molecule has 0 aliphatic rings. The van der Waals surface area contributed by atoms with Gasteiger partial charge in [0, 0.05) is 31.2 Å². The number of hydrogen-bond donors (Lipinski definition) is 1. The second-order valence-electron chi connectivity index (χ2n) is 5.59. The van der Waals surface area contributed by atoms with E-state index in [2.05, 4.69) is 15.4 Å². The lowest BCUT2D eigenvalue weighted by Crippen LogP contribution is -2.27. The summed E-state index contributed by atoms with van der Waals surface area (Å²) in [6.45, 7) is 5.86. The van der Waals surface area contributed by atoms with Crippen molar-refractivity contribution >= 4 is 11.6 Å². The molecule has 0 radical (unpaired) electrons. The summed E-state index contributed by atoms with van der Waals surface area (Å²) in [7, 11) is 1.87. The number of amides is 1. The first-order valence-corrected chi connectivity index (χ1v) is 7.21. The fourth-order valence-electron chi connectivity index (χ4n) is 2.65. The molecule has 0 aromatic carbocycles. The molecule has 6 heteroatoms. The fourth-order valence-corrected chi connectivity index (χ4v) is 2.65. The van der Waals surface area contributed by atoms with E-state index in [1.54, 1.807) is 10.9 Å². The molecule has 3 aromatic rings. The van der Waals surface area contributed by atoms with Crippen molar-refractivity contribution in [1.82, 2.24) is 24.5 Å². The van der Waals surface area contributed by atoms with Crippen molar-refractivity contribution in [3.63, 3.8) is 0 Å². The Morgan fingerprint density at radius 1 is 1.32 bits per heavy atom. The highest BCUT2D eigenvalue weighted by atomic mass is 16.2. The molecule has 1 amide bonds. The van der Waals surface area contributed by atoms with Crippen LogP contribution < -0.4 is 5.32 Å². The molecule has 0 bridgehead atoms. The summed E-state index contributed by atoms with van der Waals surface area (Å²) in [4.78, 5) is 16.8. The Hall–Kier alpha value is -2.63. The molecule has 1 atom stereocenters. The Labute approximate surface area is 128 Å². The van der Waals surface area contributed by atoms with Gasteiger partial charge >= 0.3 is 0 Å². The van der Waals surface area contributed by atoms with E-state index in [0.29, 0.717) is 5.69 Å². The first-order valence-electron chi connectivity index (χ1n) is 7.21. The van der Waals surface area contributed by atoms with E-state index >= 15 is 0 Å². The van der Waals surface area contributed by atoms with Crippen molar-refractivity contribution in [3.05, 3.63) is 53.2 Å². The lowest BCUT2D eigenvalue weighted by molar-refractivity contribution is 0.0935. The lowest BCUT2D eigenvalue weighted by atomic mass is 10.1. The number of aryl methyl sites for hydroxylation is 3. The molecule has 3 rings (SSSR count). The molecular formula is C16H19N5O. The van der Waals surface area contributed by atoms with Gasteiger partial charge in [-0.3, -0.25) is 9.48 Å². The molecule has 0 saturated heterocycles. The van der Waals surface area contributed by atoms with Crippen molar-refractivity contribution < 1.29 is 4.79 Å². The van der Waals surface area contributed by atoms with E-state index in [1.807, 2.05) is 56.7 Å². The Balaban J connectivity index is 1.84. The number of pyridine rings is 1. The summed E-state index contributed by atoms with van der Waals surface area (Å²) < 4.78 is 3.62. The summed E-state index contributed by atoms with van der Waals surface area (Å²) in [6, 6.07) is 3.80. The molecule has 3 aromatic heterocycles. The van der Waals surface area contributed by atoms with Gasteiger partial charge in [-0.25, -0.2) is 4.98 Å². The maximum absolute atomic E-state index is 12.4. The Morgan fingerprint density at radius 3 is 2.73 bits per heavy atom. The van der Waals surface area contributed by atoms with E-state index < -0.39 is 0 Å². The number of carbonyl (C=O) groups excluding carboxylic acids is 1. The number of rotatable bonds is 3. The van der Waals surface area contributed by atoms with Crippen LogP contribution in [0.3, 0.4) is 0 Å². The van der Waals surface area contributed by atoms with Crippen molar-refractivity contribution in [2.45, 2.75) is 26.8 Å². The number of nitrogens with one attached hydrogen (secondary N) is 1. The molecule has 1 unspecified atom stereocenters. The van der Waals surface area contributed by atoms with Crippen LogP contribution in [0.1, 0.15) is 40.3 Å². The third-order valence-corrected chi connectivity index (χ3v) is 3.78. The highest BCUT2D eigenvalue weighted by molar-refractivity contribution is 5.93. The summed E-state index contributed by atoms with van der Waals surface area (Å²) in [5.74, 6) is -0.182. The van der Waals surface area contributed by atoms with Crippen molar-refractivity contribution in [2.24, 2.45) is 7.05 Å². The van der Waals surface area contributed by atoms with Gasteiger partial charge in [-0.15, -0.1) is 0 Å². The Bertz CT molecular complexity index is 845. The quantitative estimate of drug-likeness (QED) is 0.806. The molecule has 0 spiro atoms. The zero-order chi connectivity index (χ0) is 15.9. The predicted octanol–water partition coefficient (Wildman–Crippen LogP) is 2.18. The van der Waals surface area contributed by atoms with Crippen molar-refractivity contribution in [1.29, 1.82) is 0 Å². The molecule has 22 heavy (non-hydrogen) atoms. The molecule has 0 aliphatic heterocycles. The highest BCUT2D eigenvalue weighted by Crippen LogP contribution is 2.16. The Kier molecular flexibility index (Phi) is 3.44. The van der Waals surface area contributed by atoms with E-state index in [-0.39, 0.29) is 11.9 Å². The third-order valence-electron chi connectivity index (χ3n) is 3.78. The average Bonchev–Trinajstić information content (AvgIpc) is 3.03. The van der Waals surface area contributed by atoms with Crippen LogP contribution in [0, 0.1) is 13.8 Å². The van der Waals surface area contributed by atoms with Gasteiger partial charge in [0.25, 0.3) is 5.91 Å².